The summed E-state index contributed by atoms with van der Waals surface area (Å²) in [7, 11) is 0. The molecule has 0 rings (SSSR count). The lowest BCUT2D eigenvalue weighted by Crippen LogP contribution is -2.08. The maximum absolute atomic E-state index is 10.5. The van der Waals surface area contributed by atoms with E-state index in [9.17, 15) is 13.6 Å². The standard InChI is InChI=1S/C5H10O5S/c1-2-9-5(6)3-4-10-11(7)8/h2-4H2,1H3,(H,7,8)/p-1. The van der Waals surface area contributed by atoms with Crippen molar-refractivity contribution < 1.29 is 22.5 Å². The molecule has 0 aliphatic carbocycles. The third kappa shape index (κ3) is 7.44. The van der Waals surface area contributed by atoms with E-state index in [1.807, 2.05) is 0 Å². The van der Waals surface area contributed by atoms with Gasteiger partial charge in [0, 0.05) is 0 Å². The van der Waals surface area contributed by atoms with Crippen LogP contribution in [0, 0.1) is 0 Å². The van der Waals surface area contributed by atoms with E-state index in [1.165, 1.54) is 0 Å². The van der Waals surface area contributed by atoms with Gasteiger partial charge in [-0.15, -0.1) is 0 Å². The van der Waals surface area contributed by atoms with Crippen molar-refractivity contribution in [3.63, 3.8) is 0 Å². The van der Waals surface area contributed by atoms with Gasteiger partial charge in [-0.05, 0) is 6.92 Å². The molecule has 0 saturated heterocycles. The van der Waals surface area contributed by atoms with Crippen LogP contribution in [0.2, 0.25) is 0 Å². The first-order valence-electron chi connectivity index (χ1n) is 3.05. The van der Waals surface area contributed by atoms with Gasteiger partial charge in [-0.2, -0.15) is 0 Å². The van der Waals surface area contributed by atoms with Crippen LogP contribution in [-0.4, -0.2) is 27.9 Å². The van der Waals surface area contributed by atoms with Crippen LogP contribution in [0.4, 0.5) is 0 Å². The third-order valence-corrected chi connectivity index (χ3v) is 1.15. The summed E-state index contributed by atoms with van der Waals surface area (Å²) in [6.45, 7) is 1.80. The molecule has 0 N–H and O–H groups in total. The molecule has 0 saturated carbocycles. The fourth-order valence-corrected chi connectivity index (χ4v) is 0.646. The van der Waals surface area contributed by atoms with Crippen molar-refractivity contribution in [2.75, 3.05) is 13.2 Å². The summed E-state index contributed by atoms with van der Waals surface area (Å²) < 4.78 is 28.1. The molecular formula is C5H9O5S-. The van der Waals surface area contributed by atoms with E-state index >= 15 is 0 Å². The minimum Gasteiger partial charge on any atom is -0.750 e. The van der Waals surface area contributed by atoms with Crippen LogP contribution in [0.1, 0.15) is 13.3 Å². The molecule has 11 heavy (non-hydrogen) atoms. The van der Waals surface area contributed by atoms with Gasteiger partial charge in [0.1, 0.15) is 0 Å². The lowest BCUT2D eigenvalue weighted by molar-refractivity contribution is -0.143. The summed E-state index contributed by atoms with van der Waals surface area (Å²) in [6, 6.07) is 0. The molecule has 66 valence electrons. The normalized spacial score (nSPS) is 12.5. The van der Waals surface area contributed by atoms with Crippen molar-refractivity contribution in [1.29, 1.82) is 0 Å². The molecule has 0 aromatic rings. The third-order valence-electron chi connectivity index (χ3n) is 0.791. The van der Waals surface area contributed by atoms with Crippen molar-refractivity contribution >= 4 is 17.3 Å². The van der Waals surface area contributed by atoms with E-state index in [-0.39, 0.29) is 13.0 Å². The first-order chi connectivity index (χ1) is 5.16. The zero-order valence-electron chi connectivity index (χ0n) is 6.07. The molecule has 0 aliphatic rings. The SMILES string of the molecule is CCOC(=O)CCOS(=O)[O-]. The fourth-order valence-electron chi connectivity index (χ4n) is 0.426. The topological polar surface area (TPSA) is 75.7 Å². The van der Waals surface area contributed by atoms with E-state index in [1.54, 1.807) is 6.92 Å². The second-order valence-corrected chi connectivity index (χ2v) is 2.23. The van der Waals surface area contributed by atoms with E-state index in [0.717, 1.165) is 0 Å². The molecule has 0 radical (unpaired) electrons. The summed E-state index contributed by atoms with van der Waals surface area (Å²) in [5, 5.41) is 0. The number of ether oxygens (including phenoxy) is 1. The molecule has 5 nitrogen and oxygen atoms in total. The Labute approximate surface area is 67.2 Å². The number of hydrogen-bond acceptors (Lipinski definition) is 5. The predicted octanol–water partition coefficient (Wildman–Crippen LogP) is -0.250. The molecule has 0 fully saturated rings. The maximum Gasteiger partial charge on any atom is 0.308 e. The summed E-state index contributed by atoms with van der Waals surface area (Å²) in [6.07, 6.45) is -0.0399. The second-order valence-electron chi connectivity index (χ2n) is 1.58. The molecule has 0 spiro atoms. The van der Waals surface area contributed by atoms with Crippen molar-refractivity contribution in [2.45, 2.75) is 13.3 Å². The summed E-state index contributed by atoms with van der Waals surface area (Å²) in [5.41, 5.74) is 0. The van der Waals surface area contributed by atoms with Gasteiger partial charge in [0.05, 0.1) is 31.0 Å². The lowest BCUT2D eigenvalue weighted by atomic mass is 10.5. The second kappa shape index (κ2) is 6.26. The zero-order valence-corrected chi connectivity index (χ0v) is 6.89. The van der Waals surface area contributed by atoms with Crippen molar-refractivity contribution in [3.8, 4) is 0 Å². The number of esters is 1. The zero-order chi connectivity index (χ0) is 8.69. The molecule has 0 bridgehead atoms. The Balaban J connectivity index is 3.24. The fraction of sp³-hybridized carbons (Fsp3) is 0.800. The molecular weight excluding hydrogens is 172 g/mol. The van der Waals surface area contributed by atoms with E-state index in [2.05, 4.69) is 8.92 Å². The highest BCUT2D eigenvalue weighted by atomic mass is 32.2. The summed E-state index contributed by atoms with van der Waals surface area (Å²) in [5.74, 6) is -0.460. The van der Waals surface area contributed by atoms with E-state index in [4.69, 9.17) is 0 Å². The highest BCUT2D eigenvalue weighted by molar-refractivity contribution is 7.74. The maximum atomic E-state index is 10.5. The minimum absolute atomic E-state index is 0.0399. The Morgan fingerprint density at radius 2 is 2.27 bits per heavy atom. The number of rotatable bonds is 5. The van der Waals surface area contributed by atoms with Gasteiger partial charge in [-0.25, -0.2) is 4.21 Å². The van der Waals surface area contributed by atoms with Crippen LogP contribution in [0.5, 0.6) is 0 Å². The van der Waals surface area contributed by atoms with Crippen LogP contribution in [-0.2, 0) is 25.1 Å². The molecule has 6 heteroatoms. The van der Waals surface area contributed by atoms with Gasteiger partial charge < -0.3 is 13.5 Å². The van der Waals surface area contributed by atoms with Crippen LogP contribution in [0.25, 0.3) is 0 Å². The highest BCUT2D eigenvalue weighted by Gasteiger charge is 2.00. The highest BCUT2D eigenvalue weighted by Crippen LogP contribution is 1.88. The van der Waals surface area contributed by atoms with Crippen molar-refractivity contribution in [1.82, 2.24) is 0 Å². The Morgan fingerprint density at radius 3 is 2.73 bits per heavy atom. The number of carbonyl (C=O) groups excluding carboxylic acids is 1. The Kier molecular flexibility index (Phi) is 6.00. The summed E-state index contributed by atoms with van der Waals surface area (Å²) >= 11 is -2.54. The minimum atomic E-state index is -2.54. The van der Waals surface area contributed by atoms with Gasteiger partial charge in [0.2, 0.25) is 0 Å². The van der Waals surface area contributed by atoms with Crippen LogP contribution in [0.15, 0.2) is 0 Å². The average Bonchev–Trinajstić information content (AvgIpc) is 1.87. The number of carbonyl (C=O) groups is 1. The molecule has 0 aromatic carbocycles. The van der Waals surface area contributed by atoms with Gasteiger partial charge in [-0.3, -0.25) is 4.79 Å². The van der Waals surface area contributed by atoms with Crippen molar-refractivity contribution in [2.24, 2.45) is 0 Å². The lowest BCUT2D eigenvalue weighted by Gasteiger charge is -2.04. The molecule has 1 unspecified atom stereocenters. The Morgan fingerprint density at radius 1 is 1.64 bits per heavy atom. The quantitative estimate of drug-likeness (QED) is 0.432. The van der Waals surface area contributed by atoms with E-state index in [0.29, 0.717) is 6.61 Å². The summed E-state index contributed by atoms with van der Waals surface area (Å²) in [4.78, 5) is 10.5. The molecule has 0 heterocycles. The Hall–Kier alpha value is -0.460. The Bertz CT molecular complexity index is 146. The molecule has 0 aromatic heterocycles. The van der Waals surface area contributed by atoms with Gasteiger partial charge in [0.25, 0.3) is 0 Å². The van der Waals surface area contributed by atoms with Gasteiger partial charge >= 0.3 is 5.97 Å². The monoisotopic (exact) mass is 181 g/mol. The van der Waals surface area contributed by atoms with E-state index < -0.39 is 17.3 Å². The first-order valence-corrected chi connectivity index (χ1v) is 4.05. The van der Waals surface area contributed by atoms with Crippen molar-refractivity contribution in [3.05, 3.63) is 0 Å². The molecule has 0 amide bonds. The van der Waals surface area contributed by atoms with Crippen LogP contribution in [0.3, 0.4) is 0 Å². The molecule has 0 aliphatic heterocycles. The molecule has 1 atom stereocenters. The smallest absolute Gasteiger partial charge is 0.308 e. The first kappa shape index (κ1) is 10.5. The van der Waals surface area contributed by atoms with Crippen LogP contribution >= 0.6 is 0 Å². The van der Waals surface area contributed by atoms with Gasteiger partial charge in [-0.1, -0.05) is 0 Å². The average molecular weight is 181 g/mol. The van der Waals surface area contributed by atoms with Gasteiger partial charge in [0.15, 0.2) is 0 Å². The van der Waals surface area contributed by atoms with Crippen LogP contribution < -0.4 is 0 Å². The number of hydrogen-bond donors (Lipinski definition) is 0. The largest absolute Gasteiger partial charge is 0.750 e. The predicted molar refractivity (Wildman–Crippen MR) is 36.1 cm³/mol.